The molecule has 2 bridgehead atoms. The summed E-state index contributed by atoms with van der Waals surface area (Å²) in [5.74, 6) is 0.251. The first-order valence-corrected chi connectivity index (χ1v) is 7.40. The first-order chi connectivity index (χ1) is 9.61. The van der Waals surface area contributed by atoms with E-state index in [2.05, 4.69) is 5.32 Å². The van der Waals surface area contributed by atoms with E-state index >= 15 is 0 Å². The van der Waals surface area contributed by atoms with E-state index in [1.165, 1.54) is 25.0 Å². The second-order valence-corrected chi connectivity index (χ2v) is 6.11. The molecule has 2 aliphatic heterocycles. The summed E-state index contributed by atoms with van der Waals surface area (Å²) in [6.07, 6.45) is 5.25. The number of anilines is 1. The molecule has 1 N–H and O–H groups in total. The lowest BCUT2D eigenvalue weighted by Gasteiger charge is -2.30. The van der Waals surface area contributed by atoms with Crippen molar-refractivity contribution >= 4 is 11.6 Å². The summed E-state index contributed by atoms with van der Waals surface area (Å²) in [5, 5.41) is 3.59. The van der Waals surface area contributed by atoms with Crippen molar-refractivity contribution in [3.8, 4) is 0 Å². The molecule has 1 aromatic carbocycles. The van der Waals surface area contributed by atoms with Crippen LogP contribution >= 0.6 is 0 Å². The highest BCUT2D eigenvalue weighted by Crippen LogP contribution is 2.33. The minimum atomic E-state index is -0.304. The summed E-state index contributed by atoms with van der Waals surface area (Å²) < 4.78 is 13.2. The van der Waals surface area contributed by atoms with Crippen LogP contribution in [0.4, 0.5) is 10.1 Å². The third-order valence-corrected chi connectivity index (χ3v) is 4.60. The zero-order valence-electron chi connectivity index (χ0n) is 11.8. The van der Waals surface area contributed by atoms with Crippen LogP contribution in [0.25, 0.3) is 0 Å². The molecular weight excluding hydrogens is 255 g/mol. The molecule has 2 unspecified atom stereocenters. The number of carbonyl (C=O) groups is 1. The fourth-order valence-electron chi connectivity index (χ4n) is 3.55. The minimum absolute atomic E-state index is 0.0851. The number of carbonyl (C=O) groups excluding carboxylic acids is 1. The fraction of sp³-hybridized carbons (Fsp3) is 0.562. The van der Waals surface area contributed by atoms with Gasteiger partial charge in [0.05, 0.1) is 0 Å². The maximum absolute atomic E-state index is 13.2. The van der Waals surface area contributed by atoms with E-state index < -0.39 is 0 Å². The number of hydrogen-bond donors (Lipinski definition) is 1. The molecule has 2 aliphatic rings. The zero-order valence-corrected chi connectivity index (χ0v) is 11.8. The van der Waals surface area contributed by atoms with Gasteiger partial charge < -0.3 is 10.2 Å². The molecule has 20 heavy (non-hydrogen) atoms. The number of nitrogens with one attached hydrogen (secondary N) is 1. The number of rotatable bonds is 3. The Bertz CT molecular complexity index is 493. The predicted molar refractivity (Wildman–Crippen MR) is 77.1 cm³/mol. The number of halogens is 1. The molecule has 1 aromatic rings. The highest BCUT2D eigenvalue weighted by atomic mass is 19.1. The Kier molecular flexibility index (Phi) is 3.74. The fourth-order valence-corrected chi connectivity index (χ4v) is 3.55. The number of fused-ring (bicyclic) bond motifs is 2. The van der Waals surface area contributed by atoms with Gasteiger partial charge in [-0.05, 0) is 49.8 Å². The molecule has 1 amide bonds. The maximum Gasteiger partial charge on any atom is 0.226 e. The van der Waals surface area contributed by atoms with Gasteiger partial charge in [0, 0.05) is 31.2 Å². The Morgan fingerprint density at radius 1 is 1.35 bits per heavy atom. The molecule has 3 rings (SSSR count). The first kappa shape index (κ1) is 13.6. The van der Waals surface area contributed by atoms with Crippen molar-refractivity contribution in [3.05, 3.63) is 30.1 Å². The SMILES string of the molecule is CN(C(=O)CC1CC2CCC(C1)N2)c1cccc(F)c1. The van der Waals surface area contributed by atoms with Crippen LogP contribution in [-0.2, 0) is 4.79 Å². The van der Waals surface area contributed by atoms with Crippen molar-refractivity contribution < 1.29 is 9.18 Å². The van der Waals surface area contributed by atoms with Gasteiger partial charge in [-0.25, -0.2) is 4.39 Å². The molecule has 0 radical (unpaired) electrons. The van der Waals surface area contributed by atoms with Gasteiger partial charge in [-0.3, -0.25) is 4.79 Å². The molecule has 0 aliphatic carbocycles. The third kappa shape index (κ3) is 2.85. The van der Waals surface area contributed by atoms with Crippen LogP contribution in [0.1, 0.15) is 32.1 Å². The van der Waals surface area contributed by atoms with Crippen molar-refractivity contribution in [2.75, 3.05) is 11.9 Å². The second-order valence-electron chi connectivity index (χ2n) is 6.11. The topological polar surface area (TPSA) is 32.3 Å². The van der Waals surface area contributed by atoms with Crippen LogP contribution in [0.3, 0.4) is 0 Å². The van der Waals surface area contributed by atoms with E-state index in [-0.39, 0.29) is 11.7 Å². The molecule has 0 aromatic heterocycles. The van der Waals surface area contributed by atoms with Crippen LogP contribution in [0, 0.1) is 11.7 Å². The highest BCUT2D eigenvalue weighted by Gasteiger charge is 2.34. The van der Waals surface area contributed by atoms with E-state index in [1.807, 2.05) is 0 Å². The van der Waals surface area contributed by atoms with E-state index in [9.17, 15) is 9.18 Å². The van der Waals surface area contributed by atoms with Crippen LogP contribution < -0.4 is 10.2 Å². The molecule has 108 valence electrons. The Morgan fingerprint density at radius 2 is 2.05 bits per heavy atom. The lowest BCUT2D eigenvalue weighted by Crippen LogP contribution is -2.40. The van der Waals surface area contributed by atoms with Gasteiger partial charge in [0.15, 0.2) is 0 Å². The Balaban J connectivity index is 1.61. The Morgan fingerprint density at radius 3 is 2.70 bits per heavy atom. The predicted octanol–water partition coefficient (Wildman–Crippen LogP) is 2.71. The summed E-state index contributed by atoms with van der Waals surface area (Å²) in [7, 11) is 1.73. The van der Waals surface area contributed by atoms with Crippen molar-refractivity contribution in [3.63, 3.8) is 0 Å². The van der Waals surface area contributed by atoms with Gasteiger partial charge in [-0.1, -0.05) is 6.07 Å². The third-order valence-electron chi connectivity index (χ3n) is 4.60. The molecule has 2 fully saturated rings. The van der Waals surface area contributed by atoms with Gasteiger partial charge in [0.25, 0.3) is 0 Å². The van der Waals surface area contributed by atoms with Crippen molar-refractivity contribution in [2.24, 2.45) is 5.92 Å². The van der Waals surface area contributed by atoms with Gasteiger partial charge >= 0.3 is 0 Å². The molecule has 3 nitrogen and oxygen atoms in total. The standard InChI is InChI=1S/C16H21FN2O/c1-19(15-4-2-3-12(17)10-15)16(20)9-11-7-13-5-6-14(8-11)18-13/h2-4,10-11,13-14,18H,5-9H2,1H3. The van der Waals surface area contributed by atoms with Crippen LogP contribution in [0.5, 0.6) is 0 Å². The average Bonchev–Trinajstić information content (AvgIpc) is 2.77. The van der Waals surface area contributed by atoms with Gasteiger partial charge in [-0.2, -0.15) is 0 Å². The van der Waals surface area contributed by atoms with Crippen molar-refractivity contribution in [1.82, 2.24) is 5.32 Å². The van der Waals surface area contributed by atoms with Crippen LogP contribution in [-0.4, -0.2) is 25.0 Å². The summed E-state index contributed by atoms with van der Waals surface area (Å²) >= 11 is 0. The minimum Gasteiger partial charge on any atom is -0.315 e. The molecule has 2 saturated heterocycles. The van der Waals surface area contributed by atoms with Crippen molar-refractivity contribution in [1.29, 1.82) is 0 Å². The van der Waals surface area contributed by atoms with Gasteiger partial charge in [0.1, 0.15) is 5.82 Å². The monoisotopic (exact) mass is 276 g/mol. The summed E-state index contributed by atoms with van der Waals surface area (Å²) in [6.45, 7) is 0. The van der Waals surface area contributed by atoms with E-state index in [4.69, 9.17) is 0 Å². The summed E-state index contributed by atoms with van der Waals surface area (Å²) in [6, 6.07) is 7.42. The second kappa shape index (κ2) is 5.52. The maximum atomic E-state index is 13.2. The number of piperidine rings is 1. The normalized spacial score (nSPS) is 28.4. The summed E-state index contributed by atoms with van der Waals surface area (Å²) in [5.41, 5.74) is 0.631. The van der Waals surface area contributed by atoms with Gasteiger partial charge in [0.2, 0.25) is 5.91 Å². The molecular formula is C16H21FN2O. The smallest absolute Gasteiger partial charge is 0.226 e. The average molecular weight is 276 g/mol. The molecule has 0 saturated carbocycles. The van der Waals surface area contributed by atoms with E-state index in [0.717, 1.165) is 12.8 Å². The highest BCUT2D eigenvalue weighted by molar-refractivity contribution is 5.92. The first-order valence-electron chi connectivity index (χ1n) is 7.40. The summed E-state index contributed by atoms with van der Waals surface area (Å²) in [4.78, 5) is 13.9. The van der Waals surface area contributed by atoms with Crippen LogP contribution in [0.2, 0.25) is 0 Å². The van der Waals surface area contributed by atoms with E-state index in [1.54, 1.807) is 24.1 Å². The molecule has 2 heterocycles. The molecule has 4 heteroatoms. The van der Waals surface area contributed by atoms with E-state index in [0.29, 0.717) is 30.1 Å². The number of amides is 1. The van der Waals surface area contributed by atoms with Crippen molar-refractivity contribution in [2.45, 2.75) is 44.2 Å². The Hall–Kier alpha value is -1.42. The number of hydrogen-bond acceptors (Lipinski definition) is 2. The number of nitrogens with zero attached hydrogens (tertiary/aromatic N) is 1. The molecule has 0 spiro atoms. The van der Waals surface area contributed by atoms with Gasteiger partial charge in [-0.15, -0.1) is 0 Å². The molecule has 2 atom stereocenters. The lowest BCUT2D eigenvalue weighted by atomic mass is 9.89. The Labute approximate surface area is 119 Å². The largest absolute Gasteiger partial charge is 0.315 e. The lowest BCUT2D eigenvalue weighted by molar-refractivity contribution is -0.119. The van der Waals surface area contributed by atoms with Crippen LogP contribution in [0.15, 0.2) is 24.3 Å². The quantitative estimate of drug-likeness (QED) is 0.920. The number of benzene rings is 1. The zero-order chi connectivity index (χ0) is 14.1.